The van der Waals surface area contributed by atoms with Crippen LogP contribution in [0, 0.1) is 5.92 Å². The van der Waals surface area contributed by atoms with Gasteiger partial charge in [0.05, 0.1) is 0 Å². The second-order valence-electron chi connectivity index (χ2n) is 3.42. The Labute approximate surface area is 70.5 Å². The fourth-order valence-corrected chi connectivity index (χ4v) is 1.53. The van der Waals surface area contributed by atoms with Crippen LogP contribution in [0.3, 0.4) is 0 Å². The summed E-state index contributed by atoms with van der Waals surface area (Å²) >= 11 is 0. The highest BCUT2D eigenvalue weighted by atomic mass is 14.9. The van der Waals surface area contributed by atoms with Crippen LogP contribution in [0.5, 0.6) is 0 Å². The molecule has 0 amide bonds. The van der Waals surface area contributed by atoms with Crippen molar-refractivity contribution in [2.75, 3.05) is 13.6 Å². The van der Waals surface area contributed by atoms with Crippen LogP contribution in [-0.2, 0) is 0 Å². The van der Waals surface area contributed by atoms with Gasteiger partial charge in [0, 0.05) is 6.04 Å². The van der Waals surface area contributed by atoms with Crippen molar-refractivity contribution in [2.24, 2.45) is 11.7 Å². The lowest BCUT2D eigenvalue weighted by molar-refractivity contribution is 0.464. The van der Waals surface area contributed by atoms with Crippen molar-refractivity contribution < 1.29 is 0 Å². The second-order valence-corrected chi connectivity index (χ2v) is 3.42. The Bertz CT molecular complexity index is 75.6. The van der Waals surface area contributed by atoms with Crippen LogP contribution in [0.1, 0.15) is 33.1 Å². The quantitative estimate of drug-likeness (QED) is 0.637. The molecule has 0 aromatic carbocycles. The van der Waals surface area contributed by atoms with Gasteiger partial charge in [0.15, 0.2) is 0 Å². The molecular weight excluding hydrogens is 136 g/mol. The molecule has 11 heavy (non-hydrogen) atoms. The highest BCUT2D eigenvalue weighted by Crippen LogP contribution is 2.13. The number of rotatable bonds is 2. The predicted molar refractivity (Wildman–Crippen MR) is 50.6 cm³/mol. The zero-order valence-electron chi connectivity index (χ0n) is 8.06. The Kier molecular flexibility index (Phi) is 6.57. The van der Waals surface area contributed by atoms with Crippen LogP contribution >= 0.6 is 0 Å². The molecule has 2 heteroatoms. The Hall–Kier alpha value is -0.0800. The summed E-state index contributed by atoms with van der Waals surface area (Å²) in [7, 11) is 1.50. The van der Waals surface area contributed by atoms with E-state index in [4.69, 9.17) is 0 Å². The topological polar surface area (TPSA) is 38.0 Å². The van der Waals surface area contributed by atoms with Crippen molar-refractivity contribution >= 4 is 0 Å². The molecule has 0 saturated carbocycles. The Balaban J connectivity index is 0.000000461. The summed E-state index contributed by atoms with van der Waals surface area (Å²) in [5.74, 6) is 0.862. The molecule has 1 saturated heterocycles. The molecule has 1 heterocycles. The van der Waals surface area contributed by atoms with Gasteiger partial charge in [0.1, 0.15) is 0 Å². The maximum atomic E-state index is 4.50. The third-order valence-electron chi connectivity index (χ3n) is 1.92. The maximum Gasteiger partial charge on any atom is 0.00699 e. The maximum absolute atomic E-state index is 4.50. The van der Waals surface area contributed by atoms with Crippen molar-refractivity contribution in [1.82, 2.24) is 5.32 Å². The average Bonchev–Trinajstić information content (AvgIpc) is 2.43. The van der Waals surface area contributed by atoms with Gasteiger partial charge in [-0.05, 0) is 38.8 Å². The first-order valence-electron chi connectivity index (χ1n) is 4.60. The van der Waals surface area contributed by atoms with E-state index in [0.29, 0.717) is 0 Å². The molecule has 3 N–H and O–H groups in total. The summed E-state index contributed by atoms with van der Waals surface area (Å²) in [4.78, 5) is 0. The normalized spacial score (nSPS) is 23.2. The van der Waals surface area contributed by atoms with E-state index in [9.17, 15) is 0 Å². The minimum atomic E-state index is 0.838. The first kappa shape index (κ1) is 10.9. The Morgan fingerprint density at radius 2 is 2.09 bits per heavy atom. The van der Waals surface area contributed by atoms with Gasteiger partial charge in [0.25, 0.3) is 0 Å². The van der Waals surface area contributed by atoms with E-state index in [-0.39, 0.29) is 0 Å². The van der Waals surface area contributed by atoms with Crippen LogP contribution in [0.2, 0.25) is 0 Å². The van der Waals surface area contributed by atoms with Crippen LogP contribution in [0.15, 0.2) is 0 Å². The molecule has 2 nitrogen and oxygen atoms in total. The van der Waals surface area contributed by atoms with Gasteiger partial charge in [-0.1, -0.05) is 13.8 Å². The van der Waals surface area contributed by atoms with E-state index in [1.54, 1.807) is 0 Å². The van der Waals surface area contributed by atoms with E-state index in [0.717, 1.165) is 12.0 Å². The lowest BCUT2D eigenvalue weighted by atomic mass is 10.0. The fourth-order valence-electron chi connectivity index (χ4n) is 1.53. The first-order chi connectivity index (χ1) is 5.29. The van der Waals surface area contributed by atoms with Gasteiger partial charge < -0.3 is 11.1 Å². The summed E-state index contributed by atoms with van der Waals surface area (Å²) in [6, 6.07) is 0.838. The van der Waals surface area contributed by atoms with E-state index in [1.165, 1.54) is 32.9 Å². The summed E-state index contributed by atoms with van der Waals surface area (Å²) in [5, 5.41) is 3.49. The third kappa shape index (κ3) is 5.22. The number of nitrogens with one attached hydrogen (secondary N) is 1. The molecule has 0 spiro atoms. The summed E-state index contributed by atoms with van der Waals surface area (Å²) in [5.41, 5.74) is 4.50. The fraction of sp³-hybridized carbons (Fsp3) is 1.00. The summed E-state index contributed by atoms with van der Waals surface area (Å²) < 4.78 is 0. The molecule has 0 aromatic heterocycles. The summed E-state index contributed by atoms with van der Waals surface area (Å²) in [6.45, 7) is 5.83. The van der Waals surface area contributed by atoms with E-state index in [1.807, 2.05) is 0 Å². The zero-order chi connectivity index (χ0) is 8.69. The molecule has 68 valence electrons. The lowest BCUT2D eigenvalue weighted by Gasteiger charge is -2.11. The molecule has 1 aliphatic heterocycles. The van der Waals surface area contributed by atoms with Crippen LogP contribution in [0.25, 0.3) is 0 Å². The number of hydrogen-bond donors (Lipinski definition) is 2. The molecule has 1 atom stereocenters. The molecule has 0 bridgehead atoms. The SMILES string of the molecule is CC(C)CC1CCCN1.CN. The molecule has 0 radical (unpaired) electrons. The van der Waals surface area contributed by atoms with E-state index >= 15 is 0 Å². The molecule has 0 aromatic rings. The average molecular weight is 158 g/mol. The van der Waals surface area contributed by atoms with Gasteiger partial charge in [-0.15, -0.1) is 0 Å². The van der Waals surface area contributed by atoms with Crippen molar-refractivity contribution in [3.8, 4) is 0 Å². The minimum absolute atomic E-state index is 0.838. The molecule has 1 fully saturated rings. The van der Waals surface area contributed by atoms with E-state index < -0.39 is 0 Å². The lowest BCUT2D eigenvalue weighted by Crippen LogP contribution is -2.22. The highest BCUT2D eigenvalue weighted by molar-refractivity contribution is 4.74. The van der Waals surface area contributed by atoms with Gasteiger partial charge in [-0.3, -0.25) is 0 Å². The third-order valence-corrected chi connectivity index (χ3v) is 1.92. The summed E-state index contributed by atoms with van der Waals surface area (Å²) in [6.07, 6.45) is 4.15. The first-order valence-corrected chi connectivity index (χ1v) is 4.60. The van der Waals surface area contributed by atoms with Gasteiger partial charge in [-0.2, -0.15) is 0 Å². The largest absolute Gasteiger partial charge is 0.333 e. The van der Waals surface area contributed by atoms with Crippen molar-refractivity contribution in [3.05, 3.63) is 0 Å². The molecule has 1 unspecified atom stereocenters. The molecule has 0 aliphatic carbocycles. The van der Waals surface area contributed by atoms with Crippen molar-refractivity contribution in [2.45, 2.75) is 39.2 Å². The van der Waals surface area contributed by atoms with Crippen LogP contribution in [-0.4, -0.2) is 19.6 Å². The van der Waals surface area contributed by atoms with Gasteiger partial charge in [-0.25, -0.2) is 0 Å². The molecular formula is C9H22N2. The van der Waals surface area contributed by atoms with Crippen LogP contribution in [0.4, 0.5) is 0 Å². The van der Waals surface area contributed by atoms with Crippen molar-refractivity contribution in [1.29, 1.82) is 0 Å². The Morgan fingerprint density at radius 3 is 2.45 bits per heavy atom. The smallest absolute Gasteiger partial charge is 0.00699 e. The Morgan fingerprint density at radius 1 is 1.45 bits per heavy atom. The highest BCUT2D eigenvalue weighted by Gasteiger charge is 2.14. The van der Waals surface area contributed by atoms with Gasteiger partial charge >= 0.3 is 0 Å². The second kappa shape index (κ2) is 6.62. The number of hydrogen-bond acceptors (Lipinski definition) is 2. The van der Waals surface area contributed by atoms with Crippen molar-refractivity contribution in [3.63, 3.8) is 0 Å². The van der Waals surface area contributed by atoms with Crippen LogP contribution < -0.4 is 11.1 Å². The number of nitrogens with two attached hydrogens (primary N) is 1. The standard InChI is InChI=1S/C8H17N.CH5N/c1-7(2)6-8-4-3-5-9-8;1-2/h7-9H,3-6H2,1-2H3;2H2,1H3. The molecule has 1 rings (SSSR count). The monoisotopic (exact) mass is 158 g/mol. The van der Waals surface area contributed by atoms with E-state index in [2.05, 4.69) is 24.9 Å². The minimum Gasteiger partial charge on any atom is -0.333 e. The molecule has 1 aliphatic rings. The zero-order valence-corrected chi connectivity index (χ0v) is 8.06. The van der Waals surface area contributed by atoms with Gasteiger partial charge in [0.2, 0.25) is 0 Å². The predicted octanol–water partition coefficient (Wildman–Crippen LogP) is 1.36.